The molecule has 4 rings (SSSR count). The van der Waals surface area contributed by atoms with Gasteiger partial charge in [0.15, 0.2) is 0 Å². The topological polar surface area (TPSA) is 70.1 Å². The number of rotatable bonds is 5. The number of benzene rings is 1. The van der Waals surface area contributed by atoms with Gasteiger partial charge in [-0.2, -0.15) is 5.10 Å². The van der Waals surface area contributed by atoms with Gasteiger partial charge in [0, 0.05) is 41.6 Å². The monoisotopic (exact) mass is 445 g/mol. The number of primary amides is 1. The number of hydrogen-bond donors (Lipinski definition) is 1. The molecule has 2 N–H and O–H groups in total. The van der Waals surface area contributed by atoms with E-state index < -0.39 is 11.3 Å². The highest BCUT2D eigenvalue weighted by atomic mass is 32.2. The molecule has 0 saturated carbocycles. The smallest absolute Gasteiger partial charge is 0.224 e. The third kappa shape index (κ3) is 4.32. The summed E-state index contributed by atoms with van der Waals surface area (Å²) in [6.45, 7) is 2.32. The molecule has 0 bridgehead atoms. The van der Waals surface area contributed by atoms with Crippen LogP contribution in [0.1, 0.15) is 26.2 Å². The lowest BCUT2D eigenvalue weighted by atomic mass is 9.65. The molecule has 1 aliphatic carbocycles. The minimum Gasteiger partial charge on any atom is -0.378 e. The normalized spacial score (nSPS) is 26.3. The highest BCUT2D eigenvalue weighted by Crippen LogP contribution is 2.47. The van der Waals surface area contributed by atoms with Crippen LogP contribution in [-0.4, -0.2) is 28.4 Å². The Labute approximate surface area is 184 Å². The van der Waals surface area contributed by atoms with Gasteiger partial charge in [-0.3, -0.25) is 9.48 Å². The number of ether oxygens (including phenoxy) is 1. The number of thioether (sulfide) groups is 1. The maximum Gasteiger partial charge on any atom is 0.224 e. The van der Waals surface area contributed by atoms with E-state index in [-0.39, 0.29) is 30.1 Å². The molecule has 2 aliphatic rings. The number of aromatic nitrogens is 2. The number of carbonyl (C=O) groups is 1. The van der Waals surface area contributed by atoms with Crippen LogP contribution in [0.25, 0.3) is 11.3 Å². The third-order valence-electron chi connectivity index (χ3n) is 6.16. The molecule has 0 radical (unpaired) electrons. The van der Waals surface area contributed by atoms with Gasteiger partial charge in [-0.15, -0.1) is 0 Å². The van der Waals surface area contributed by atoms with E-state index in [4.69, 9.17) is 10.5 Å². The number of aryl methyl sites for hydroxylation is 1. The molecule has 1 unspecified atom stereocenters. The van der Waals surface area contributed by atoms with Gasteiger partial charge in [0.05, 0.1) is 17.2 Å². The zero-order valence-electron chi connectivity index (χ0n) is 17.5. The van der Waals surface area contributed by atoms with Crippen LogP contribution in [0.5, 0.6) is 0 Å². The lowest BCUT2D eigenvalue weighted by Gasteiger charge is -2.43. The summed E-state index contributed by atoms with van der Waals surface area (Å²) in [6.07, 6.45) is 5.91. The minimum atomic E-state index is -0.844. The Bertz CT molecular complexity index is 1060. The van der Waals surface area contributed by atoms with Crippen LogP contribution in [0.2, 0.25) is 0 Å². The second kappa shape index (κ2) is 8.59. The molecular formula is C23H25F2N3O2S. The van der Waals surface area contributed by atoms with Crippen molar-refractivity contribution in [3.63, 3.8) is 0 Å². The number of nitrogens with zero attached hydrogens (tertiary/aromatic N) is 2. The Morgan fingerprint density at radius 1 is 1.35 bits per heavy atom. The van der Waals surface area contributed by atoms with Gasteiger partial charge in [-0.25, -0.2) is 8.78 Å². The number of amides is 1. The van der Waals surface area contributed by atoms with Crippen LogP contribution in [-0.2, 0) is 16.6 Å². The molecule has 8 heteroatoms. The first-order valence-corrected chi connectivity index (χ1v) is 11.1. The van der Waals surface area contributed by atoms with Gasteiger partial charge in [-0.1, -0.05) is 17.8 Å². The first kappa shape index (κ1) is 21.8. The molecule has 31 heavy (non-hydrogen) atoms. The highest BCUT2D eigenvalue weighted by Gasteiger charge is 2.47. The Balaban J connectivity index is 1.60. The average Bonchev–Trinajstić information content (AvgIpc) is 3.13. The van der Waals surface area contributed by atoms with Crippen LogP contribution in [0.15, 0.2) is 58.2 Å². The zero-order valence-corrected chi connectivity index (χ0v) is 18.3. The van der Waals surface area contributed by atoms with Crippen LogP contribution in [0, 0.1) is 17.2 Å². The predicted octanol–water partition coefficient (Wildman–Crippen LogP) is 4.75. The Morgan fingerprint density at radius 2 is 2.16 bits per heavy atom. The fourth-order valence-electron chi connectivity index (χ4n) is 4.55. The summed E-state index contributed by atoms with van der Waals surface area (Å²) in [6, 6.07) is 6.67. The molecule has 1 aliphatic heterocycles. The second-order valence-corrected chi connectivity index (χ2v) is 9.36. The maximum absolute atomic E-state index is 14.8. The largest absolute Gasteiger partial charge is 0.378 e. The van der Waals surface area contributed by atoms with Crippen LogP contribution in [0.3, 0.4) is 0 Å². The van der Waals surface area contributed by atoms with Crippen molar-refractivity contribution in [3.8, 4) is 11.3 Å². The maximum atomic E-state index is 14.8. The van der Waals surface area contributed by atoms with Crippen molar-refractivity contribution in [2.45, 2.75) is 37.2 Å². The van der Waals surface area contributed by atoms with Crippen molar-refractivity contribution in [2.75, 3.05) is 6.61 Å². The SMILES string of the molecule is C[C@H]1C[C@@](C(N)=O)(C2C=C(Sc3ccc(-c4ccnn4C)c(F)c3)C=C(F)C2)CCO1. The first-order chi connectivity index (χ1) is 14.8. The molecule has 1 saturated heterocycles. The van der Waals surface area contributed by atoms with E-state index >= 15 is 0 Å². The summed E-state index contributed by atoms with van der Waals surface area (Å²) in [4.78, 5) is 13.7. The standard InChI is InChI=1S/C23H25F2N3O2S/c1-14-13-23(22(26)29,6-8-30-14)15-9-16(24)11-18(10-15)31-17-3-4-19(20(25)12-17)21-5-7-27-28(21)2/h3-5,7,10-12,14-15H,6,8-9,13H2,1-2H3,(H2,26,29)/t14-,15?,23+/m0/s1. The molecule has 0 spiro atoms. The van der Waals surface area contributed by atoms with Crippen LogP contribution < -0.4 is 5.73 Å². The van der Waals surface area contributed by atoms with Crippen molar-refractivity contribution in [1.82, 2.24) is 9.78 Å². The average molecular weight is 446 g/mol. The molecule has 164 valence electrons. The number of nitrogens with two attached hydrogens (primary N) is 1. The molecule has 3 atom stereocenters. The Morgan fingerprint density at radius 3 is 2.81 bits per heavy atom. The highest BCUT2D eigenvalue weighted by molar-refractivity contribution is 8.03. The van der Waals surface area contributed by atoms with Gasteiger partial charge in [-0.05, 0) is 56.0 Å². The van der Waals surface area contributed by atoms with Crippen molar-refractivity contribution in [2.24, 2.45) is 24.1 Å². The zero-order chi connectivity index (χ0) is 22.2. The molecule has 1 amide bonds. The van der Waals surface area contributed by atoms with E-state index in [2.05, 4.69) is 5.10 Å². The summed E-state index contributed by atoms with van der Waals surface area (Å²) in [5.41, 5.74) is 6.09. The fourth-order valence-corrected chi connectivity index (χ4v) is 5.54. The second-order valence-electron chi connectivity index (χ2n) is 8.21. The van der Waals surface area contributed by atoms with Gasteiger partial charge < -0.3 is 10.5 Å². The number of halogens is 2. The summed E-state index contributed by atoms with van der Waals surface area (Å²) in [5, 5.41) is 4.08. The van der Waals surface area contributed by atoms with Gasteiger partial charge in [0.2, 0.25) is 5.91 Å². The van der Waals surface area contributed by atoms with Crippen LogP contribution >= 0.6 is 11.8 Å². The molecule has 2 heterocycles. The van der Waals surface area contributed by atoms with Crippen molar-refractivity contribution < 1.29 is 18.3 Å². The van der Waals surface area contributed by atoms with E-state index in [0.717, 1.165) is 0 Å². The molecule has 1 aromatic carbocycles. The predicted molar refractivity (Wildman–Crippen MR) is 116 cm³/mol. The lowest BCUT2D eigenvalue weighted by molar-refractivity contribution is -0.141. The van der Waals surface area contributed by atoms with E-state index in [1.165, 1.54) is 23.9 Å². The molecule has 1 fully saturated rings. The first-order valence-electron chi connectivity index (χ1n) is 10.2. The van der Waals surface area contributed by atoms with Crippen molar-refractivity contribution in [3.05, 3.63) is 59.2 Å². The Hall–Kier alpha value is -2.45. The van der Waals surface area contributed by atoms with Gasteiger partial charge in [0.25, 0.3) is 0 Å². The molecule has 5 nitrogen and oxygen atoms in total. The summed E-state index contributed by atoms with van der Waals surface area (Å²) in [7, 11) is 1.75. The Kier molecular flexibility index (Phi) is 6.03. The summed E-state index contributed by atoms with van der Waals surface area (Å²) >= 11 is 1.27. The quantitative estimate of drug-likeness (QED) is 0.721. The van der Waals surface area contributed by atoms with E-state index in [0.29, 0.717) is 40.5 Å². The summed E-state index contributed by atoms with van der Waals surface area (Å²) in [5.74, 6) is -1.46. The number of carbonyl (C=O) groups excluding carboxylic acids is 1. The third-order valence-corrected chi connectivity index (χ3v) is 7.13. The fraction of sp³-hybridized carbons (Fsp3) is 0.391. The van der Waals surface area contributed by atoms with Crippen molar-refractivity contribution in [1.29, 1.82) is 0 Å². The van der Waals surface area contributed by atoms with Crippen LogP contribution in [0.4, 0.5) is 8.78 Å². The number of allylic oxidation sites excluding steroid dienone is 3. The number of hydrogen-bond acceptors (Lipinski definition) is 4. The van der Waals surface area contributed by atoms with E-state index in [1.54, 1.807) is 36.1 Å². The molecular weight excluding hydrogens is 420 g/mol. The molecule has 1 aromatic heterocycles. The lowest BCUT2D eigenvalue weighted by Crippen LogP contribution is -2.49. The van der Waals surface area contributed by atoms with E-state index in [9.17, 15) is 13.6 Å². The minimum absolute atomic E-state index is 0.117. The van der Waals surface area contributed by atoms with E-state index in [1.807, 2.05) is 13.0 Å². The van der Waals surface area contributed by atoms with Crippen molar-refractivity contribution >= 4 is 17.7 Å². The molecule has 2 aromatic rings. The van der Waals surface area contributed by atoms with Gasteiger partial charge in [0.1, 0.15) is 11.6 Å². The van der Waals surface area contributed by atoms with Gasteiger partial charge >= 0.3 is 0 Å². The summed E-state index contributed by atoms with van der Waals surface area (Å²) < 4.78 is 36.6.